The first kappa shape index (κ1) is 12.1. The summed E-state index contributed by atoms with van der Waals surface area (Å²) in [4.78, 5) is 4.07. The molecule has 3 nitrogen and oxygen atoms in total. The highest BCUT2D eigenvalue weighted by molar-refractivity contribution is 5.08. The molecule has 2 N–H and O–H groups in total. The third-order valence-corrected chi connectivity index (χ3v) is 2.42. The van der Waals surface area contributed by atoms with Crippen LogP contribution in [0.2, 0.25) is 0 Å². The number of hydrogen-bond donors (Lipinski definition) is 2. The van der Waals surface area contributed by atoms with Crippen molar-refractivity contribution in [3.63, 3.8) is 0 Å². The first-order valence-electron chi connectivity index (χ1n) is 5.56. The number of aromatic nitrogens is 1. The second kappa shape index (κ2) is 7.37. The van der Waals surface area contributed by atoms with Crippen molar-refractivity contribution in [2.75, 3.05) is 13.2 Å². The molecule has 1 rings (SSSR count). The molecule has 0 aliphatic heterocycles. The molecule has 3 heteroatoms. The van der Waals surface area contributed by atoms with E-state index in [1.807, 2.05) is 12.3 Å². The fourth-order valence-corrected chi connectivity index (χ4v) is 1.51. The van der Waals surface area contributed by atoms with E-state index in [2.05, 4.69) is 23.3 Å². The van der Waals surface area contributed by atoms with Crippen LogP contribution in [0.25, 0.3) is 0 Å². The van der Waals surface area contributed by atoms with Crippen LogP contribution in [0.4, 0.5) is 0 Å². The average molecular weight is 208 g/mol. The minimum Gasteiger partial charge on any atom is -0.396 e. The Hall–Kier alpha value is -0.930. The molecule has 0 aliphatic carbocycles. The van der Waals surface area contributed by atoms with Crippen LogP contribution in [0.3, 0.4) is 0 Å². The lowest BCUT2D eigenvalue weighted by Crippen LogP contribution is -2.28. The average Bonchev–Trinajstić information content (AvgIpc) is 2.28. The Balaban J connectivity index is 2.11. The Bertz CT molecular complexity index is 251. The maximum atomic E-state index is 8.68. The summed E-state index contributed by atoms with van der Waals surface area (Å²) in [5.74, 6) is 0. The van der Waals surface area contributed by atoms with Gasteiger partial charge in [0.2, 0.25) is 0 Å². The summed E-state index contributed by atoms with van der Waals surface area (Å²) in [5.41, 5.74) is 1.26. The third-order valence-electron chi connectivity index (χ3n) is 2.42. The predicted octanol–water partition coefficient (Wildman–Crippen LogP) is 1.37. The van der Waals surface area contributed by atoms with Gasteiger partial charge in [-0.1, -0.05) is 6.07 Å². The topological polar surface area (TPSA) is 45.1 Å². The van der Waals surface area contributed by atoms with Gasteiger partial charge >= 0.3 is 0 Å². The summed E-state index contributed by atoms with van der Waals surface area (Å²) in [6.07, 6.45) is 6.61. The predicted molar refractivity (Wildman–Crippen MR) is 61.7 cm³/mol. The van der Waals surface area contributed by atoms with Crippen LogP contribution in [-0.2, 0) is 6.42 Å². The molecule has 0 aromatic carbocycles. The standard InChI is InChI=1S/C12H20N2O/c1-11(4-3-9-15)14-8-6-12-5-2-7-13-10-12/h2,5,7,10-11,14-15H,3-4,6,8-9H2,1H3. The van der Waals surface area contributed by atoms with E-state index < -0.39 is 0 Å². The van der Waals surface area contributed by atoms with E-state index in [1.165, 1.54) is 5.56 Å². The van der Waals surface area contributed by atoms with E-state index in [9.17, 15) is 0 Å². The van der Waals surface area contributed by atoms with Crippen molar-refractivity contribution < 1.29 is 5.11 Å². The molecule has 0 fully saturated rings. The minimum absolute atomic E-state index is 0.286. The highest BCUT2D eigenvalue weighted by Gasteiger charge is 2.00. The summed E-state index contributed by atoms with van der Waals surface area (Å²) in [7, 11) is 0. The van der Waals surface area contributed by atoms with Gasteiger partial charge in [-0.25, -0.2) is 0 Å². The van der Waals surface area contributed by atoms with Gasteiger partial charge in [0.25, 0.3) is 0 Å². The van der Waals surface area contributed by atoms with Crippen LogP contribution in [0.1, 0.15) is 25.3 Å². The van der Waals surface area contributed by atoms with Crippen molar-refractivity contribution in [1.29, 1.82) is 0 Å². The number of nitrogens with one attached hydrogen (secondary N) is 1. The fourth-order valence-electron chi connectivity index (χ4n) is 1.51. The number of hydrogen-bond acceptors (Lipinski definition) is 3. The quantitative estimate of drug-likeness (QED) is 0.711. The molecule has 1 aromatic rings. The zero-order valence-electron chi connectivity index (χ0n) is 9.32. The van der Waals surface area contributed by atoms with Gasteiger partial charge < -0.3 is 10.4 Å². The van der Waals surface area contributed by atoms with Crippen LogP contribution in [0.15, 0.2) is 24.5 Å². The van der Waals surface area contributed by atoms with Crippen molar-refractivity contribution in [1.82, 2.24) is 10.3 Å². The lowest BCUT2D eigenvalue weighted by atomic mass is 10.1. The van der Waals surface area contributed by atoms with Crippen LogP contribution in [0.5, 0.6) is 0 Å². The highest BCUT2D eigenvalue weighted by atomic mass is 16.2. The molecule has 0 spiro atoms. The van der Waals surface area contributed by atoms with Gasteiger partial charge in [0.15, 0.2) is 0 Å². The molecular weight excluding hydrogens is 188 g/mol. The number of aliphatic hydroxyl groups excluding tert-OH is 1. The molecule has 84 valence electrons. The summed E-state index contributed by atoms with van der Waals surface area (Å²) in [6, 6.07) is 4.53. The van der Waals surface area contributed by atoms with Crippen molar-refractivity contribution in [3.8, 4) is 0 Å². The van der Waals surface area contributed by atoms with E-state index in [0.29, 0.717) is 6.04 Å². The van der Waals surface area contributed by atoms with Crippen molar-refractivity contribution in [2.45, 2.75) is 32.2 Å². The Morgan fingerprint density at radius 1 is 1.53 bits per heavy atom. The second-order valence-corrected chi connectivity index (χ2v) is 3.83. The zero-order valence-corrected chi connectivity index (χ0v) is 9.32. The third kappa shape index (κ3) is 5.50. The van der Waals surface area contributed by atoms with Gasteiger partial charge in [0.05, 0.1) is 0 Å². The van der Waals surface area contributed by atoms with Crippen molar-refractivity contribution in [2.24, 2.45) is 0 Å². The zero-order chi connectivity index (χ0) is 10.9. The maximum absolute atomic E-state index is 8.68. The summed E-state index contributed by atoms with van der Waals surface area (Å²) < 4.78 is 0. The minimum atomic E-state index is 0.286. The molecule has 0 bridgehead atoms. The molecule has 0 saturated carbocycles. The van der Waals surface area contributed by atoms with E-state index in [1.54, 1.807) is 6.20 Å². The Labute approximate surface area is 91.5 Å². The Kier molecular flexibility index (Phi) is 5.97. The molecule has 15 heavy (non-hydrogen) atoms. The van der Waals surface area contributed by atoms with Crippen LogP contribution >= 0.6 is 0 Å². The van der Waals surface area contributed by atoms with Crippen LogP contribution < -0.4 is 5.32 Å². The molecule has 1 unspecified atom stereocenters. The number of pyridine rings is 1. The van der Waals surface area contributed by atoms with Gasteiger partial charge in [-0.15, -0.1) is 0 Å². The van der Waals surface area contributed by atoms with E-state index in [0.717, 1.165) is 25.8 Å². The molecule has 1 atom stereocenters. The number of rotatable bonds is 7. The lowest BCUT2D eigenvalue weighted by Gasteiger charge is -2.12. The molecule has 0 aliphatic rings. The first-order chi connectivity index (χ1) is 7.33. The number of nitrogens with zero attached hydrogens (tertiary/aromatic N) is 1. The molecule has 1 heterocycles. The smallest absolute Gasteiger partial charge is 0.0431 e. The lowest BCUT2D eigenvalue weighted by molar-refractivity contribution is 0.276. The van der Waals surface area contributed by atoms with Crippen molar-refractivity contribution >= 4 is 0 Å². The van der Waals surface area contributed by atoms with Crippen LogP contribution in [-0.4, -0.2) is 29.3 Å². The van der Waals surface area contributed by atoms with Crippen molar-refractivity contribution in [3.05, 3.63) is 30.1 Å². The molecule has 0 radical (unpaired) electrons. The summed E-state index contributed by atoms with van der Waals surface area (Å²) >= 11 is 0. The molecule has 0 amide bonds. The largest absolute Gasteiger partial charge is 0.396 e. The van der Waals surface area contributed by atoms with Gasteiger partial charge in [0.1, 0.15) is 0 Å². The molecule has 0 saturated heterocycles. The van der Waals surface area contributed by atoms with Gasteiger partial charge in [-0.2, -0.15) is 0 Å². The SMILES string of the molecule is CC(CCCO)NCCc1cccnc1. The van der Waals surface area contributed by atoms with E-state index >= 15 is 0 Å². The van der Waals surface area contributed by atoms with E-state index in [4.69, 9.17) is 5.11 Å². The highest BCUT2D eigenvalue weighted by Crippen LogP contribution is 1.98. The molecule has 1 aromatic heterocycles. The van der Waals surface area contributed by atoms with E-state index in [-0.39, 0.29) is 6.61 Å². The van der Waals surface area contributed by atoms with Gasteiger partial charge in [0, 0.05) is 25.0 Å². The second-order valence-electron chi connectivity index (χ2n) is 3.83. The monoisotopic (exact) mass is 208 g/mol. The molecular formula is C12H20N2O. The first-order valence-corrected chi connectivity index (χ1v) is 5.56. The summed E-state index contributed by atoms with van der Waals surface area (Å²) in [5, 5.41) is 12.1. The van der Waals surface area contributed by atoms with Crippen LogP contribution in [0, 0.1) is 0 Å². The van der Waals surface area contributed by atoms with Gasteiger partial charge in [-0.3, -0.25) is 4.98 Å². The normalized spacial score (nSPS) is 12.7. The Morgan fingerprint density at radius 3 is 3.07 bits per heavy atom. The number of aliphatic hydroxyl groups is 1. The Morgan fingerprint density at radius 2 is 2.40 bits per heavy atom. The maximum Gasteiger partial charge on any atom is 0.0431 e. The fraction of sp³-hybridized carbons (Fsp3) is 0.583. The van der Waals surface area contributed by atoms with Gasteiger partial charge in [-0.05, 0) is 44.4 Å². The summed E-state index contributed by atoms with van der Waals surface area (Å²) in [6.45, 7) is 3.41.